The molecule has 1 aromatic carbocycles. The molecule has 1 aliphatic heterocycles. The van der Waals surface area contributed by atoms with Crippen molar-refractivity contribution in [3.63, 3.8) is 0 Å². The Bertz CT molecular complexity index is 667. The number of rotatable bonds is 9. The summed E-state index contributed by atoms with van der Waals surface area (Å²) in [4.78, 5) is 4.15. The lowest BCUT2D eigenvalue weighted by atomic mass is 10.1. The molecule has 156 valence electrons. The second kappa shape index (κ2) is 10.3. The predicted octanol–water partition coefficient (Wildman–Crippen LogP) is 3.03. The molecule has 3 rings (SSSR count). The molecule has 0 saturated heterocycles. The van der Waals surface area contributed by atoms with Gasteiger partial charge in [-0.25, -0.2) is 0 Å². The standard InChI is InChI=1S/C19H27F2N3O4/c1-22-19(23-7-4-8-25-14-5-2-3-6-14)24-11-13-9-16-17(27-12-26-16)10-15(13)28-18(20)21/h9-10,14,18H,2-8,11-12H2,1H3,(H2,22,23,24). The molecule has 9 heteroatoms. The molecule has 0 unspecified atom stereocenters. The van der Waals surface area contributed by atoms with E-state index in [9.17, 15) is 8.78 Å². The number of hydrogen-bond donors (Lipinski definition) is 2. The zero-order chi connectivity index (χ0) is 19.8. The average molecular weight is 399 g/mol. The van der Waals surface area contributed by atoms with E-state index < -0.39 is 6.61 Å². The van der Waals surface area contributed by atoms with Gasteiger partial charge in [0.2, 0.25) is 6.79 Å². The van der Waals surface area contributed by atoms with Crippen LogP contribution in [-0.2, 0) is 11.3 Å². The van der Waals surface area contributed by atoms with Gasteiger partial charge in [0.15, 0.2) is 17.5 Å². The van der Waals surface area contributed by atoms with Crippen LogP contribution >= 0.6 is 0 Å². The molecule has 1 saturated carbocycles. The lowest BCUT2D eigenvalue weighted by Crippen LogP contribution is -2.37. The summed E-state index contributed by atoms with van der Waals surface area (Å²) in [5.74, 6) is 1.52. The Labute approximate surface area is 163 Å². The molecule has 28 heavy (non-hydrogen) atoms. The SMILES string of the molecule is CN=C(NCCCOC1CCCC1)NCc1cc2c(cc1OC(F)F)OCO2. The highest BCUT2D eigenvalue weighted by molar-refractivity contribution is 5.79. The zero-order valence-corrected chi connectivity index (χ0v) is 16.0. The fourth-order valence-corrected chi connectivity index (χ4v) is 3.29. The van der Waals surface area contributed by atoms with Crippen molar-refractivity contribution >= 4 is 5.96 Å². The molecule has 0 atom stereocenters. The Kier molecular flexibility index (Phi) is 7.53. The fraction of sp³-hybridized carbons (Fsp3) is 0.632. The third-order valence-electron chi connectivity index (χ3n) is 4.71. The van der Waals surface area contributed by atoms with Crippen LogP contribution in [-0.4, -0.2) is 45.7 Å². The van der Waals surface area contributed by atoms with Crippen LogP contribution in [0.15, 0.2) is 17.1 Å². The first kappa shape index (κ1) is 20.4. The summed E-state index contributed by atoms with van der Waals surface area (Å²) in [6, 6.07) is 3.05. The summed E-state index contributed by atoms with van der Waals surface area (Å²) in [5, 5.41) is 6.29. The van der Waals surface area contributed by atoms with Crippen molar-refractivity contribution in [2.75, 3.05) is 27.0 Å². The van der Waals surface area contributed by atoms with Crippen molar-refractivity contribution in [3.05, 3.63) is 17.7 Å². The van der Waals surface area contributed by atoms with Crippen molar-refractivity contribution in [3.8, 4) is 17.2 Å². The lowest BCUT2D eigenvalue weighted by molar-refractivity contribution is -0.0505. The molecular formula is C19H27F2N3O4. The van der Waals surface area contributed by atoms with E-state index in [1.54, 1.807) is 13.1 Å². The summed E-state index contributed by atoms with van der Waals surface area (Å²) >= 11 is 0. The third kappa shape index (κ3) is 5.85. The monoisotopic (exact) mass is 399 g/mol. The van der Waals surface area contributed by atoms with E-state index in [1.807, 2.05) is 0 Å². The Morgan fingerprint density at radius 2 is 1.96 bits per heavy atom. The Hall–Kier alpha value is -2.29. The van der Waals surface area contributed by atoms with Gasteiger partial charge in [0.05, 0.1) is 6.10 Å². The smallest absolute Gasteiger partial charge is 0.387 e. The minimum atomic E-state index is -2.92. The van der Waals surface area contributed by atoms with Crippen LogP contribution in [0.4, 0.5) is 8.78 Å². The molecule has 1 fully saturated rings. The summed E-state index contributed by atoms with van der Waals surface area (Å²) in [7, 11) is 1.65. The maximum absolute atomic E-state index is 12.7. The molecule has 1 aliphatic carbocycles. The second-order valence-corrected chi connectivity index (χ2v) is 6.68. The summed E-state index contributed by atoms with van der Waals surface area (Å²) < 4.78 is 46.4. The van der Waals surface area contributed by atoms with Crippen LogP contribution in [0.3, 0.4) is 0 Å². The van der Waals surface area contributed by atoms with Gasteiger partial charge in [-0.2, -0.15) is 8.78 Å². The minimum Gasteiger partial charge on any atom is -0.454 e. The third-order valence-corrected chi connectivity index (χ3v) is 4.71. The number of hydrogen-bond acceptors (Lipinski definition) is 5. The quantitative estimate of drug-likeness (QED) is 0.378. The van der Waals surface area contributed by atoms with Crippen molar-refractivity contribution in [2.24, 2.45) is 4.99 Å². The molecule has 2 aliphatic rings. The van der Waals surface area contributed by atoms with E-state index in [0.29, 0.717) is 42.3 Å². The number of fused-ring (bicyclic) bond motifs is 1. The molecule has 1 aromatic rings. The van der Waals surface area contributed by atoms with Gasteiger partial charge in [0, 0.05) is 38.4 Å². The highest BCUT2D eigenvalue weighted by atomic mass is 19.3. The largest absolute Gasteiger partial charge is 0.454 e. The van der Waals surface area contributed by atoms with Crippen LogP contribution in [0.1, 0.15) is 37.7 Å². The Morgan fingerprint density at radius 1 is 1.21 bits per heavy atom. The normalized spacial score (nSPS) is 16.6. The van der Waals surface area contributed by atoms with Crippen molar-refractivity contribution in [2.45, 2.75) is 51.4 Å². The number of guanidine groups is 1. The maximum atomic E-state index is 12.7. The number of nitrogens with zero attached hydrogens (tertiary/aromatic N) is 1. The zero-order valence-electron chi connectivity index (χ0n) is 16.0. The van der Waals surface area contributed by atoms with Gasteiger partial charge in [0.25, 0.3) is 0 Å². The van der Waals surface area contributed by atoms with E-state index in [4.69, 9.17) is 14.2 Å². The van der Waals surface area contributed by atoms with Crippen LogP contribution < -0.4 is 24.8 Å². The molecule has 0 amide bonds. The minimum absolute atomic E-state index is 0.0483. The molecule has 0 spiro atoms. The van der Waals surface area contributed by atoms with Gasteiger partial charge in [-0.05, 0) is 25.3 Å². The molecule has 0 radical (unpaired) electrons. The Balaban J connectivity index is 1.46. The predicted molar refractivity (Wildman–Crippen MR) is 100 cm³/mol. The maximum Gasteiger partial charge on any atom is 0.387 e. The summed E-state index contributed by atoms with van der Waals surface area (Å²) in [6.45, 7) is -1.20. The van der Waals surface area contributed by atoms with Gasteiger partial charge in [-0.1, -0.05) is 12.8 Å². The summed E-state index contributed by atoms with van der Waals surface area (Å²) in [5.41, 5.74) is 0.525. The number of nitrogens with one attached hydrogen (secondary N) is 2. The van der Waals surface area contributed by atoms with Gasteiger partial charge in [0.1, 0.15) is 5.75 Å². The number of ether oxygens (including phenoxy) is 4. The molecule has 1 heterocycles. The van der Waals surface area contributed by atoms with Crippen molar-refractivity contribution < 1.29 is 27.7 Å². The van der Waals surface area contributed by atoms with Crippen molar-refractivity contribution in [1.29, 1.82) is 0 Å². The van der Waals surface area contributed by atoms with E-state index in [-0.39, 0.29) is 19.1 Å². The lowest BCUT2D eigenvalue weighted by Gasteiger charge is -2.16. The van der Waals surface area contributed by atoms with E-state index >= 15 is 0 Å². The van der Waals surface area contributed by atoms with Crippen LogP contribution in [0.5, 0.6) is 17.2 Å². The van der Waals surface area contributed by atoms with Gasteiger partial charge in [-0.15, -0.1) is 0 Å². The number of halogens is 2. The first-order valence-electron chi connectivity index (χ1n) is 9.59. The molecule has 2 N–H and O–H groups in total. The molecule has 0 bridgehead atoms. The van der Waals surface area contributed by atoms with E-state index in [0.717, 1.165) is 19.3 Å². The van der Waals surface area contributed by atoms with E-state index in [2.05, 4.69) is 20.4 Å². The number of alkyl halides is 2. The Morgan fingerprint density at radius 3 is 2.68 bits per heavy atom. The number of aliphatic imine (C=N–C) groups is 1. The molecule has 7 nitrogen and oxygen atoms in total. The molecular weight excluding hydrogens is 372 g/mol. The van der Waals surface area contributed by atoms with Gasteiger partial charge in [-0.3, -0.25) is 4.99 Å². The fourth-order valence-electron chi connectivity index (χ4n) is 3.29. The topological polar surface area (TPSA) is 73.3 Å². The van der Waals surface area contributed by atoms with Crippen LogP contribution in [0.2, 0.25) is 0 Å². The first-order chi connectivity index (χ1) is 13.7. The highest BCUT2D eigenvalue weighted by Crippen LogP contribution is 2.38. The molecule has 0 aromatic heterocycles. The highest BCUT2D eigenvalue weighted by Gasteiger charge is 2.20. The average Bonchev–Trinajstić information content (AvgIpc) is 3.34. The number of benzene rings is 1. The van der Waals surface area contributed by atoms with Crippen LogP contribution in [0, 0.1) is 0 Å². The van der Waals surface area contributed by atoms with Gasteiger partial charge >= 0.3 is 6.61 Å². The van der Waals surface area contributed by atoms with Crippen molar-refractivity contribution in [1.82, 2.24) is 10.6 Å². The van der Waals surface area contributed by atoms with Gasteiger partial charge < -0.3 is 29.6 Å². The van der Waals surface area contributed by atoms with E-state index in [1.165, 1.54) is 18.9 Å². The van der Waals surface area contributed by atoms with Crippen LogP contribution in [0.25, 0.3) is 0 Å². The summed E-state index contributed by atoms with van der Waals surface area (Å²) in [6.07, 6.45) is 6.12. The first-order valence-corrected chi connectivity index (χ1v) is 9.59. The second-order valence-electron chi connectivity index (χ2n) is 6.68.